The van der Waals surface area contributed by atoms with Gasteiger partial charge in [0.15, 0.2) is 0 Å². The SMILES string of the molecule is O=S(=O)([O-])c1ccc(OP(Oc2ccc(S(=O)(=O)[O-])cc2)Oc2ccc(S(=O)(=O)[O-])cc2)cc1. The molecule has 3 rings (SSSR count). The highest BCUT2D eigenvalue weighted by Crippen LogP contribution is 2.42. The normalized spacial score (nSPS) is 12.4. The van der Waals surface area contributed by atoms with Gasteiger partial charge in [-0.15, -0.1) is 0 Å². The summed E-state index contributed by atoms with van der Waals surface area (Å²) < 4.78 is 116. The summed E-state index contributed by atoms with van der Waals surface area (Å²) in [5.74, 6) is 0.0723. The number of benzene rings is 3. The molecule has 0 aliphatic rings. The van der Waals surface area contributed by atoms with Gasteiger partial charge in [-0.1, -0.05) is 0 Å². The second-order valence-electron chi connectivity index (χ2n) is 6.27. The minimum absolute atomic E-state index is 0.0241. The maximum absolute atomic E-state index is 11.1. The lowest BCUT2D eigenvalue weighted by Crippen LogP contribution is -2.04. The van der Waals surface area contributed by atoms with Gasteiger partial charge < -0.3 is 27.2 Å². The highest BCUT2D eigenvalue weighted by molar-refractivity contribution is 7.86. The van der Waals surface area contributed by atoms with Crippen LogP contribution in [0.2, 0.25) is 0 Å². The second-order valence-corrected chi connectivity index (χ2v) is 11.4. The Bertz CT molecular complexity index is 1280. The summed E-state index contributed by atoms with van der Waals surface area (Å²) in [4.78, 5) is -1.51. The molecule has 0 atom stereocenters. The molecule has 0 saturated carbocycles. The van der Waals surface area contributed by atoms with Gasteiger partial charge in [0, 0.05) is 0 Å². The van der Waals surface area contributed by atoms with E-state index in [-0.39, 0.29) is 17.2 Å². The van der Waals surface area contributed by atoms with Gasteiger partial charge in [0.1, 0.15) is 47.6 Å². The van der Waals surface area contributed by atoms with Gasteiger partial charge in [-0.25, -0.2) is 25.3 Å². The molecule has 0 unspecified atom stereocenters. The van der Waals surface area contributed by atoms with E-state index in [0.717, 1.165) is 72.8 Å². The highest BCUT2D eigenvalue weighted by Gasteiger charge is 2.20. The predicted molar refractivity (Wildman–Crippen MR) is 112 cm³/mol. The standard InChI is InChI=1S/C18H15O12PS3/c19-32(20,21)16-7-1-13(2-8-16)28-31(29-14-3-9-17(10-4-14)33(22,23)24)30-15-5-11-18(12-6-15)34(25,26)27/h1-12H,(H,19,20,21)(H,22,23,24)(H,25,26,27)/p-3. The Morgan fingerprint density at radius 2 is 0.647 bits per heavy atom. The van der Waals surface area contributed by atoms with Crippen molar-refractivity contribution in [2.75, 3.05) is 0 Å². The Hall–Kier alpha value is -2.78. The molecule has 16 heteroatoms. The van der Waals surface area contributed by atoms with Crippen molar-refractivity contribution in [3.8, 4) is 17.2 Å². The van der Waals surface area contributed by atoms with Crippen molar-refractivity contribution in [2.24, 2.45) is 0 Å². The molecule has 12 nitrogen and oxygen atoms in total. The van der Waals surface area contributed by atoms with E-state index in [4.69, 9.17) is 13.6 Å². The number of rotatable bonds is 9. The average molecular weight is 547 g/mol. The molecular formula is C18H12O12PS3-3. The van der Waals surface area contributed by atoms with Crippen molar-refractivity contribution in [3.63, 3.8) is 0 Å². The average Bonchev–Trinajstić information content (AvgIpc) is 2.73. The molecule has 0 amide bonds. The molecule has 0 fully saturated rings. The smallest absolute Gasteiger partial charge is 0.530 e. The molecule has 0 aromatic heterocycles. The monoisotopic (exact) mass is 547 g/mol. The van der Waals surface area contributed by atoms with Crippen molar-refractivity contribution in [1.29, 1.82) is 0 Å². The molecule has 0 N–H and O–H groups in total. The van der Waals surface area contributed by atoms with Crippen LogP contribution in [0, 0.1) is 0 Å². The maximum Gasteiger partial charge on any atom is 0.530 e. The van der Waals surface area contributed by atoms with Crippen LogP contribution in [0.3, 0.4) is 0 Å². The van der Waals surface area contributed by atoms with E-state index in [0.29, 0.717) is 0 Å². The first-order valence-corrected chi connectivity index (χ1v) is 14.1. The van der Waals surface area contributed by atoms with E-state index >= 15 is 0 Å². The largest absolute Gasteiger partial charge is 0.744 e. The zero-order chi connectivity index (χ0) is 25.1. The lowest BCUT2D eigenvalue weighted by atomic mass is 10.3. The third-order valence-electron chi connectivity index (χ3n) is 3.88. The van der Waals surface area contributed by atoms with E-state index in [1.807, 2.05) is 0 Å². The molecule has 0 aliphatic heterocycles. The van der Waals surface area contributed by atoms with E-state index < -0.39 is 53.6 Å². The fraction of sp³-hybridized carbons (Fsp3) is 0. The van der Waals surface area contributed by atoms with Crippen LogP contribution in [0.15, 0.2) is 87.5 Å². The number of hydrogen-bond donors (Lipinski definition) is 0. The fourth-order valence-corrected chi connectivity index (χ4v) is 4.72. The Balaban J connectivity index is 1.86. The summed E-state index contributed by atoms with van der Waals surface area (Å²) in [5.41, 5.74) is 0. The van der Waals surface area contributed by atoms with Crippen LogP contribution in [-0.2, 0) is 30.4 Å². The predicted octanol–water partition coefficient (Wildman–Crippen LogP) is 2.16. The van der Waals surface area contributed by atoms with Crippen molar-refractivity contribution < 1.29 is 52.5 Å². The van der Waals surface area contributed by atoms with E-state index in [1.54, 1.807) is 0 Å². The van der Waals surface area contributed by atoms with E-state index in [9.17, 15) is 38.9 Å². The molecule has 3 aromatic rings. The van der Waals surface area contributed by atoms with Crippen molar-refractivity contribution in [3.05, 3.63) is 72.8 Å². The zero-order valence-corrected chi connectivity index (χ0v) is 19.8. The summed E-state index contributed by atoms with van der Waals surface area (Å²) in [6.45, 7) is 0. The first-order valence-electron chi connectivity index (χ1n) is 8.74. The summed E-state index contributed by atoms with van der Waals surface area (Å²) >= 11 is 0. The first kappa shape index (κ1) is 25.8. The topological polar surface area (TPSA) is 199 Å². The molecule has 0 bridgehead atoms. The highest BCUT2D eigenvalue weighted by atomic mass is 32.2. The Morgan fingerprint density at radius 1 is 0.441 bits per heavy atom. The van der Waals surface area contributed by atoms with Crippen molar-refractivity contribution in [1.82, 2.24) is 0 Å². The van der Waals surface area contributed by atoms with Crippen LogP contribution in [0.25, 0.3) is 0 Å². The van der Waals surface area contributed by atoms with Gasteiger partial charge in [-0.3, -0.25) is 0 Å². The third kappa shape index (κ3) is 7.11. The minimum Gasteiger partial charge on any atom is -0.744 e. The van der Waals surface area contributed by atoms with Crippen LogP contribution in [0.5, 0.6) is 17.2 Å². The van der Waals surface area contributed by atoms with Crippen LogP contribution in [-0.4, -0.2) is 38.9 Å². The van der Waals surface area contributed by atoms with Crippen LogP contribution >= 0.6 is 8.60 Å². The molecule has 0 heterocycles. The van der Waals surface area contributed by atoms with Crippen molar-refractivity contribution in [2.45, 2.75) is 14.7 Å². The Labute approximate surface area is 196 Å². The summed E-state index contributed by atoms with van der Waals surface area (Å²) in [6, 6.07) is 12.9. The molecular weight excluding hydrogens is 535 g/mol. The lowest BCUT2D eigenvalue weighted by Gasteiger charge is -2.19. The molecule has 182 valence electrons. The van der Waals surface area contributed by atoms with Crippen LogP contribution < -0.4 is 13.6 Å². The van der Waals surface area contributed by atoms with Crippen LogP contribution in [0.1, 0.15) is 0 Å². The summed E-state index contributed by atoms with van der Waals surface area (Å²) in [7, 11) is -16.5. The van der Waals surface area contributed by atoms with Crippen LogP contribution in [0.4, 0.5) is 0 Å². The fourth-order valence-electron chi connectivity index (χ4n) is 2.32. The van der Waals surface area contributed by atoms with Gasteiger partial charge >= 0.3 is 8.60 Å². The molecule has 0 saturated heterocycles. The third-order valence-corrected chi connectivity index (χ3v) is 7.51. The zero-order valence-electron chi connectivity index (χ0n) is 16.5. The van der Waals surface area contributed by atoms with Gasteiger partial charge in [0.25, 0.3) is 0 Å². The van der Waals surface area contributed by atoms with E-state index in [2.05, 4.69) is 0 Å². The Morgan fingerprint density at radius 3 is 0.824 bits per heavy atom. The first-order chi connectivity index (χ1) is 15.7. The molecule has 3 aromatic carbocycles. The van der Waals surface area contributed by atoms with E-state index in [1.165, 1.54) is 0 Å². The lowest BCUT2D eigenvalue weighted by molar-refractivity contribution is 0.388. The van der Waals surface area contributed by atoms with Gasteiger partial charge in [0.05, 0.1) is 14.7 Å². The summed E-state index contributed by atoms with van der Waals surface area (Å²) in [5, 5.41) is 0. The summed E-state index contributed by atoms with van der Waals surface area (Å²) in [6.07, 6.45) is 0. The maximum atomic E-state index is 11.1. The minimum atomic E-state index is -4.69. The van der Waals surface area contributed by atoms with Crippen molar-refractivity contribution >= 4 is 39.0 Å². The quantitative estimate of drug-likeness (QED) is 0.280. The van der Waals surface area contributed by atoms with Gasteiger partial charge in [0.2, 0.25) is 0 Å². The molecule has 0 aliphatic carbocycles. The molecule has 0 radical (unpaired) electrons. The number of hydrogen-bond acceptors (Lipinski definition) is 12. The van der Waals surface area contributed by atoms with Gasteiger partial charge in [-0.2, -0.15) is 0 Å². The molecule has 34 heavy (non-hydrogen) atoms. The second kappa shape index (κ2) is 9.84. The Kier molecular flexibility index (Phi) is 7.47. The molecule has 0 spiro atoms. The van der Waals surface area contributed by atoms with Gasteiger partial charge in [-0.05, 0) is 72.8 Å².